The van der Waals surface area contributed by atoms with Crippen LogP contribution in [0.3, 0.4) is 0 Å². The molecule has 1 aliphatic heterocycles. The first-order valence-corrected chi connectivity index (χ1v) is 9.56. The largest absolute Gasteiger partial charge is 0.449 e. The molecule has 8 heteroatoms. The molecule has 22 heavy (non-hydrogen) atoms. The fraction of sp³-hybridized carbons (Fsp3) is 0.429. The van der Waals surface area contributed by atoms with Crippen molar-refractivity contribution in [2.24, 2.45) is 0 Å². The molecule has 118 valence electrons. The molecular weight excluding hydrogens is 324 g/mol. The highest BCUT2D eigenvalue weighted by molar-refractivity contribution is 7.91. The Bertz CT molecular complexity index is 806. The van der Waals surface area contributed by atoms with Crippen molar-refractivity contribution >= 4 is 27.1 Å². The van der Waals surface area contributed by atoms with Gasteiger partial charge in [0.1, 0.15) is 5.69 Å². The maximum absolute atomic E-state index is 12.4. The fourth-order valence-corrected chi connectivity index (χ4v) is 4.86. The van der Waals surface area contributed by atoms with E-state index in [1.54, 1.807) is 19.2 Å². The number of amides is 1. The van der Waals surface area contributed by atoms with E-state index in [1.165, 1.54) is 16.2 Å². The molecule has 2 aromatic heterocycles. The third-order valence-electron chi connectivity index (χ3n) is 3.76. The van der Waals surface area contributed by atoms with Crippen LogP contribution in [0.1, 0.15) is 22.0 Å². The summed E-state index contributed by atoms with van der Waals surface area (Å²) in [6, 6.07) is 3.03. The minimum Gasteiger partial charge on any atom is -0.449 e. The molecule has 3 rings (SSSR count). The molecule has 3 heterocycles. The number of hydrogen-bond donors (Lipinski definition) is 0. The van der Waals surface area contributed by atoms with Crippen LogP contribution in [0, 0.1) is 6.92 Å². The van der Waals surface area contributed by atoms with Crippen molar-refractivity contribution in [3.63, 3.8) is 0 Å². The van der Waals surface area contributed by atoms with Gasteiger partial charge < -0.3 is 9.32 Å². The van der Waals surface area contributed by atoms with Crippen molar-refractivity contribution in [3.05, 3.63) is 28.3 Å². The van der Waals surface area contributed by atoms with Gasteiger partial charge in [-0.1, -0.05) is 0 Å². The number of furan rings is 1. The molecule has 1 aliphatic rings. The lowest BCUT2D eigenvalue weighted by atomic mass is 10.2. The average Bonchev–Trinajstić information content (AvgIpc) is 3.16. The van der Waals surface area contributed by atoms with E-state index >= 15 is 0 Å². The summed E-state index contributed by atoms with van der Waals surface area (Å²) in [6.07, 6.45) is 0.476. The standard InChI is InChI=1S/C14H16N2O4S2/c1-9-15-11(7-21-9)12-3-4-13(20-12)14(17)16(2)10-5-6-22(18,19)8-10/h3-4,7,10H,5-6,8H2,1-2H3. The van der Waals surface area contributed by atoms with Crippen molar-refractivity contribution < 1.29 is 17.6 Å². The number of hydrogen-bond acceptors (Lipinski definition) is 6. The molecular formula is C14H16N2O4S2. The SMILES string of the molecule is Cc1nc(-c2ccc(C(=O)N(C)C3CCS(=O)(=O)C3)o2)cs1. The van der Waals surface area contributed by atoms with Crippen molar-refractivity contribution in [1.82, 2.24) is 9.88 Å². The number of sulfone groups is 1. The predicted octanol–water partition coefficient (Wildman–Crippen LogP) is 1.97. The Morgan fingerprint density at radius 3 is 2.82 bits per heavy atom. The number of carbonyl (C=O) groups excluding carboxylic acids is 1. The molecule has 0 bridgehead atoms. The van der Waals surface area contributed by atoms with Crippen molar-refractivity contribution in [1.29, 1.82) is 0 Å². The Labute approximate surface area is 132 Å². The van der Waals surface area contributed by atoms with Crippen molar-refractivity contribution in [3.8, 4) is 11.5 Å². The van der Waals surface area contributed by atoms with Gasteiger partial charge in [0.15, 0.2) is 21.4 Å². The van der Waals surface area contributed by atoms with Crippen LogP contribution in [0.4, 0.5) is 0 Å². The highest BCUT2D eigenvalue weighted by Crippen LogP contribution is 2.25. The first kappa shape index (κ1) is 15.2. The van der Waals surface area contributed by atoms with Crippen LogP contribution in [-0.4, -0.2) is 48.8 Å². The molecule has 6 nitrogen and oxygen atoms in total. The zero-order chi connectivity index (χ0) is 15.9. The van der Waals surface area contributed by atoms with E-state index in [0.717, 1.165) is 5.01 Å². The van der Waals surface area contributed by atoms with E-state index in [2.05, 4.69) is 4.98 Å². The Kier molecular flexibility index (Phi) is 3.82. The van der Waals surface area contributed by atoms with Gasteiger partial charge in [0.2, 0.25) is 0 Å². The second-order valence-corrected chi connectivity index (χ2v) is 8.68. The summed E-state index contributed by atoms with van der Waals surface area (Å²) in [6.45, 7) is 1.90. The van der Waals surface area contributed by atoms with Crippen LogP contribution in [-0.2, 0) is 9.84 Å². The second kappa shape index (κ2) is 5.51. The zero-order valence-electron chi connectivity index (χ0n) is 12.3. The summed E-state index contributed by atoms with van der Waals surface area (Å²) in [5, 5.41) is 2.79. The fourth-order valence-electron chi connectivity index (χ4n) is 2.49. The lowest BCUT2D eigenvalue weighted by Gasteiger charge is -2.22. The van der Waals surface area contributed by atoms with Crippen LogP contribution < -0.4 is 0 Å². The number of nitrogens with zero attached hydrogens (tertiary/aromatic N) is 2. The molecule has 0 aliphatic carbocycles. The molecule has 1 saturated heterocycles. The van der Waals surface area contributed by atoms with Gasteiger partial charge in [0, 0.05) is 18.5 Å². The molecule has 1 unspecified atom stereocenters. The smallest absolute Gasteiger partial charge is 0.289 e. The molecule has 1 fully saturated rings. The topological polar surface area (TPSA) is 80.5 Å². The highest BCUT2D eigenvalue weighted by Gasteiger charge is 2.33. The zero-order valence-corrected chi connectivity index (χ0v) is 13.9. The number of thiazole rings is 1. The number of carbonyl (C=O) groups is 1. The highest BCUT2D eigenvalue weighted by atomic mass is 32.2. The third-order valence-corrected chi connectivity index (χ3v) is 6.29. The van der Waals surface area contributed by atoms with Gasteiger partial charge in [-0.25, -0.2) is 13.4 Å². The van der Waals surface area contributed by atoms with Gasteiger partial charge in [-0.15, -0.1) is 11.3 Å². The van der Waals surface area contributed by atoms with E-state index in [0.29, 0.717) is 17.9 Å². The first-order chi connectivity index (χ1) is 10.4. The van der Waals surface area contributed by atoms with E-state index in [1.807, 2.05) is 12.3 Å². The maximum Gasteiger partial charge on any atom is 0.289 e. The molecule has 0 N–H and O–H groups in total. The summed E-state index contributed by atoms with van der Waals surface area (Å²) in [5.41, 5.74) is 0.702. The summed E-state index contributed by atoms with van der Waals surface area (Å²) >= 11 is 1.51. The van der Waals surface area contributed by atoms with E-state index < -0.39 is 9.84 Å². The van der Waals surface area contributed by atoms with E-state index in [9.17, 15) is 13.2 Å². The lowest BCUT2D eigenvalue weighted by Crippen LogP contribution is -2.37. The van der Waals surface area contributed by atoms with Gasteiger partial charge in [0.05, 0.1) is 16.5 Å². The third kappa shape index (κ3) is 2.93. The number of rotatable bonds is 3. The van der Waals surface area contributed by atoms with Gasteiger partial charge in [-0.3, -0.25) is 4.79 Å². The Morgan fingerprint density at radius 2 is 2.23 bits per heavy atom. The Morgan fingerprint density at radius 1 is 1.45 bits per heavy atom. The minimum absolute atomic E-state index is 0.0219. The van der Waals surface area contributed by atoms with E-state index in [4.69, 9.17) is 4.42 Å². The van der Waals surface area contributed by atoms with Gasteiger partial charge >= 0.3 is 0 Å². The Hall–Kier alpha value is -1.67. The molecule has 0 saturated carbocycles. The van der Waals surface area contributed by atoms with Crippen LogP contribution in [0.5, 0.6) is 0 Å². The molecule has 0 spiro atoms. The molecule has 1 amide bonds. The van der Waals surface area contributed by atoms with E-state index in [-0.39, 0.29) is 29.2 Å². The second-order valence-electron chi connectivity index (χ2n) is 5.39. The molecule has 2 aromatic rings. The van der Waals surface area contributed by atoms with Crippen LogP contribution in [0.2, 0.25) is 0 Å². The number of aryl methyl sites for hydroxylation is 1. The maximum atomic E-state index is 12.4. The monoisotopic (exact) mass is 340 g/mol. The van der Waals surface area contributed by atoms with Crippen LogP contribution in [0.15, 0.2) is 21.9 Å². The molecule has 1 atom stereocenters. The molecule has 0 aromatic carbocycles. The van der Waals surface area contributed by atoms with Gasteiger partial charge in [-0.05, 0) is 25.5 Å². The lowest BCUT2D eigenvalue weighted by molar-refractivity contribution is 0.0716. The number of aromatic nitrogens is 1. The van der Waals surface area contributed by atoms with Crippen LogP contribution >= 0.6 is 11.3 Å². The van der Waals surface area contributed by atoms with Crippen LogP contribution in [0.25, 0.3) is 11.5 Å². The first-order valence-electron chi connectivity index (χ1n) is 6.85. The predicted molar refractivity (Wildman–Crippen MR) is 83.7 cm³/mol. The summed E-state index contributed by atoms with van der Waals surface area (Å²) in [7, 11) is -1.41. The summed E-state index contributed by atoms with van der Waals surface area (Å²) in [4.78, 5) is 18.2. The summed E-state index contributed by atoms with van der Waals surface area (Å²) in [5.74, 6) is 0.595. The minimum atomic E-state index is -3.02. The quantitative estimate of drug-likeness (QED) is 0.853. The van der Waals surface area contributed by atoms with Gasteiger partial charge in [0.25, 0.3) is 5.91 Å². The van der Waals surface area contributed by atoms with Gasteiger partial charge in [-0.2, -0.15) is 0 Å². The molecule has 0 radical (unpaired) electrons. The Balaban J connectivity index is 1.77. The summed E-state index contributed by atoms with van der Waals surface area (Å²) < 4.78 is 28.6. The van der Waals surface area contributed by atoms with Crippen molar-refractivity contribution in [2.75, 3.05) is 18.6 Å². The average molecular weight is 340 g/mol. The van der Waals surface area contributed by atoms with Crippen molar-refractivity contribution in [2.45, 2.75) is 19.4 Å². The normalized spacial score (nSPS) is 20.2.